The van der Waals surface area contributed by atoms with E-state index in [1.54, 1.807) is 24.3 Å². The van der Waals surface area contributed by atoms with Crippen LogP contribution < -0.4 is 11.0 Å². The Morgan fingerprint density at radius 3 is 2.38 bits per heavy atom. The van der Waals surface area contributed by atoms with Crippen LogP contribution in [0.1, 0.15) is 21.6 Å². The van der Waals surface area contributed by atoms with E-state index in [2.05, 4.69) is 20.5 Å². The zero-order valence-electron chi connectivity index (χ0n) is 15.7. The number of aromatic nitrogens is 2. The number of nitrogens with zero attached hydrogens (tertiary/aromatic N) is 2. The van der Waals surface area contributed by atoms with Crippen LogP contribution in [0.15, 0.2) is 88.8 Å². The number of hydrogen-bond donors (Lipinski definition) is 2. The van der Waals surface area contributed by atoms with E-state index in [0.29, 0.717) is 22.3 Å². The molecule has 29 heavy (non-hydrogen) atoms. The molecule has 1 heterocycles. The van der Waals surface area contributed by atoms with Crippen molar-refractivity contribution < 1.29 is 4.79 Å². The van der Waals surface area contributed by atoms with Crippen LogP contribution >= 0.6 is 0 Å². The molecule has 0 aliphatic rings. The lowest BCUT2D eigenvalue weighted by Crippen LogP contribution is -2.27. The SMILES string of the molecule is Cc1ccc(C(=O)/C(=N/Nc2ccccc2)c2nc3ccccc3[nH]c2=O)cc1. The summed E-state index contributed by atoms with van der Waals surface area (Å²) >= 11 is 0. The Kier molecular flexibility index (Phi) is 4.99. The first-order valence-electron chi connectivity index (χ1n) is 9.11. The number of aryl methyl sites for hydroxylation is 1. The van der Waals surface area contributed by atoms with Crippen LogP contribution in [-0.2, 0) is 0 Å². The Morgan fingerprint density at radius 1 is 0.931 bits per heavy atom. The highest BCUT2D eigenvalue weighted by Gasteiger charge is 2.22. The predicted octanol–water partition coefficient (Wildman–Crippen LogP) is 3.93. The number of carbonyl (C=O) groups excluding carboxylic acids is 1. The third kappa shape index (κ3) is 3.96. The highest BCUT2D eigenvalue weighted by molar-refractivity contribution is 6.51. The van der Waals surface area contributed by atoms with Crippen LogP contribution in [0.5, 0.6) is 0 Å². The average molecular weight is 382 g/mol. The van der Waals surface area contributed by atoms with Crippen molar-refractivity contribution in [2.45, 2.75) is 6.92 Å². The normalized spacial score (nSPS) is 11.4. The van der Waals surface area contributed by atoms with Crippen LogP contribution in [-0.4, -0.2) is 21.5 Å². The molecular weight excluding hydrogens is 364 g/mol. The standard InChI is InChI=1S/C23H18N4O2/c1-15-11-13-16(14-12-15)22(28)20(27-26-17-7-3-2-4-8-17)21-23(29)25-19-10-6-5-9-18(19)24-21/h2-14,26H,1H3,(H,25,29)/b27-20+. The number of aromatic amines is 1. The smallest absolute Gasteiger partial charge is 0.276 e. The number of hydrogen-bond acceptors (Lipinski definition) is 5. The zero-order chi connectivity index (χ0) is 20.2. The van der Waals surface area contributed by atoms with Gasteiger partial charge in [-0.15, -0.1) is 0 Å². The van der Waals surface area contributed by atoms with Gasteiger partial charge in [-0.1, -0.05) is 60.2 Å². The Morgan fingerprint density at radius 2 is 1.62 bits per heavy atom. The van der Waals surface area contributed by atoms with Gasteiger partial charge in [-0.25, -0.2) is 4.98 Å². The molecule has 1 aromatic heterocycles. The van der Waals surface area contributed by atoms with Crippen molar-refractivity contribution in [3.8, 4) is 0 Å². The van der Waals surface area contributed by atoms with Crippen molar-refractivity contribution >= 4 is 28.2 Å². The number of ketones is 1. The number of benzene rings is 3. The van der Waals surface area contributed by atoms with Crippen LogP contribution in [0.4, 0.5) is 5.69 Å². The van der Waals surface area contributed by atoms with E-state index in [9.17, 15) is 9.59 Å². The van der Waals surface area contributed by atoms with Gasteiger partial charge >= 0.3 is 0 Å². The molecule has 0 unspecified atom stereocenters. The number of rotatable bonds is 5. The van der Waals surface area contributed by atoms with Gasteiger partial charge in [0.2, 0.25) is 5.78 Å². The zero-order valence-corrected chi connectivity index (χ0v) is 15.7. The Bertz CT molecular complexity index is 1260. The van der Waals surface area contributed by atoms with Crippen molar-refractivity contribution in [2.24, 2.45) is 5.10 Å². The minimum absolute atomic E-state index is 0.0299. The third-order valence-corrected chi connectivity index (χ3v) is 4.42. The molecule has 6 nitrogen and oxygen atoms in total. The highest BCUT2D eigenvalue weighted by Crippen LogP contribution is 2.12. The Balaban J connectivity index is 1.83. The number of nitrogens with one attached hydrogen (secondary N) is 2. The lowest BCUT2D eigenvalue weighted by atomic mass is 10.0. The van der Waals surface area contributed by atoms with Crippen molar-refractivity contribution in [2.75, 3.05) is 5.43 Å². The topological polar surface area (TPSA) is 87.2 Å². The summed E-state index contributed by atoms with van der Waals surface area (Å²) in [6.45, 7) is 1.94. The van der Waals surface area contributed by atoms with Crippen LogP contribution in [0, 0.1) is 6.92 Å². The van der Waals surface area contributed by atoms with E-state index in [-0.39, 0.29) is 17.2 Å². The van der Waals surface area contributed by atoms with Gasteiger partial charge in [0.1, 0.15) is 0 Å². The molecule has 0 fully saturated rings. The van der Waals surface area contributed by atoms with Crippen molar-refractivity contribution in [3.05, 3.63) is 106 Å². The maximum absolute atomic E-state index is 13.2. The van der Waals surface area contributed by atoms with E-state index in [1.165, 1.54) is 0 Å². The fraction of sp³-hybridized carbons (Fsp3) is 0.0435. The second kappa shape index (κ2) is 7.90. The molecule has 0 bridgehead atoms. The van der Waals surface area contributed by atoms with Gasteiger partial charge in [0, 0.05) is 5.56 Å². The lowest BCUT2D eigenvalue weighted by Gasteiger charge is -2.08. The van der Waals surface area contributed by atoms with Crippen LogP contribution in [0.2, 0.25) is 0 Å². The van der Waals surface area contributed by atoms with Gasteiger partial charge in [0.25, 0.3) is 5.56 Å². The number of anilines is 1. The molecular formula is C23H18N4O2. The molecule has 2 N–H and O–H groups in total. The van der Waals surface area contributed by atoms with Gasteiger partial charge in [0.05, 0.1) is 16.7 Å². The van der Waals surface area contributed by atoms with Crippen molar-refractivity contribution in [3.63, 3.8) is 0 Å². The van der Waals surface area contributed by atoms with Gasteiger partial charge in [-0.3, -0.25) is 15.0 Å². The molecule has 0 saturated carbocycles. The number of para-hydroxylation sites is 3. The van der Waals surface area contributed by atoms with E-state index in [0.717, 1.165) is 5.56 Å². The number of fused-ring (bicyclic) bond motifs is 1. The van der Waals surface area contributed by atoms with Gasteiger partial charge in [0.15, 0.2) is 11.4 Å². The van der Waals surface area contributed by atoms with E-state index in [1.807, 2.05) is 61.5 Å². The summed E-state index contributed by atoms with van der Waals surface area (Å²) in [6, 6.07) is 23.5. The lowest BCUT2D eigenvalue weighted by molar-refractivity contribution is 0.106. The molecule has 3 aromatic carbocycles. The molecule has 4 aromatic rings. The third-order valence-electron chi connectivity index (χ3n) is 4.42. The van der Waals surface area contributed by atoms with Gasteiger partial charge in [-0.2, -0.15) is 5.10 Å². The second-order valence-corrected chi connectivity index (χ2v) is 6.57. The van der Waals surface area contributed by atoms with E-state index < -0.39 is 5.56 Å². The first-order valence-corrected chi connectivity index (χ1v) is 9.11. The van der Waals surface area contributed by atoms with Gasteiger partial charge in [-0.05, 0) is 31.2 Å². The van der Waals surface area contributed by atoms with E-state index >= 15 is 0 Å². The number of hydrazone groups is 1. The van der Waals surface area contributed by atoms with Crippen molar-refractivity contribution in [1.82, 2.24) is 9.97 Å². The first-order chi connectivity index (χ1) is 14.1. The van der Waals surface area contributed by atoms with Crippen LogP contribution in [0.3, 0.4) is 0 Å². The van der Waals surface area contributed by atoms with E-state index in [4.69, 9.17) is 0 Å². The van der Waals surface area contributed by atoms with Crippen LogP contribution in [0.25, 0.3) is 11.0 Å². The molecule has 0 spiro atoms. The molecule has 0 aliphatic heterocycles. The molecule has 0 saturated heterocycles. The summed E-state index contributed by atoms with van der Waals surface area (Å²) in [5.41, 5.74) is 5.63. The number of carbonyl (C=O) groups is 1. The molecule has 0 atom stereocenters. The summed E-state index contributed by atoms with van der Waals surface area (Å²) < 4.78 is 0. The molecule has 6 heteroatoms. The predicted molar refractivity (Wildman–Crippen MR) is 114 cm³/mol. The Hall–Kier alpha value is -4.06. The Labute approximate surface area is 166 Å². The monoisotopic (exact) mass is 382 g/mol. The summed E-state index contributed by atoms with van der Waals surface area (Å²) in [5, 5.41) is 4.27. The maximum Gasteiger partial charge on any atom is 0.276 e. The molecule has 0 amide bonds. The molecule has 0 radical (unpaired) electrons. The minimum Gasteiger partial charge on any atom is -0.319 e. The fourth-order valence-electron chi connectivity index (χ4n) is 2.88. The van der Waals surface area contributed by atoms with Gasteiger partial charge < -0.3 is 4.98 Å². The fourth-order valence-corrected chi connectivity index (χ4v) is 2.88. The quantitative estimate of drug-likeness (QED) is 0.311. The maximum atomic E-state index is 13.2. The van der Waals surface area contributed by atoms with Crippen molar-refractivity contribution in [1.29, 1.82) is 0 Å². The number of H-pyrrole nitrogens is 1. The molecule has 0 aliphatic carbocycles. The minimum atomic E-state index is -0.474. The summed E-state index contributed by atoms with van der Waals surface area (Å²) in [5.74, 6) is -0.387. The average Bonchev–Trinajstić information content (AvgIpc) is 2.75. The second-order valence-electron chi connectivity index (χ2n) is 6.57. The summed E-state index contributed by atoms with van der Waals surface area (Å²) in [7, 11) is 0. The summed E-state index contributed by atoms with van der Waals surface area (Å²) in [6.07, 6.45) is 0. The summed E-state index contributed by atoms with van der Waals surface area (Å²) in [4.78, 5) is 33.1. The molecule has 4 rings (SSSR count). The molecule has 142 valence electrons. The highest BCUT2D eigenvalue weighted by atomic mass is 16.1. The first kappa shape index (κ1) is 18.3. The number of Topliss-reactive ketones (excluding diaryl/α,β-unsaturated/α-hetero) is 1. The largest absolute Gasteiger partial charge is 0.319 e.